The number of nitrogens with one attached hydrogen (secondary N) is 1. The third-order valence-corrected chi connectivity index (χ3v) is 2.77. The molecule has 0 radical (unpaired) electrons. The Kier molecular flexibility index (Phi) is 6.03. The van der Waals surface area contributed by atoms with E-state index in [1.165, 1.54) is 0 Å². The molecule has 0 unspecified atom stereocenters. The van der Waals surface area contributed by atoms with Crippen LogP contribution in [0.1, 0.15) is 12.0 Å². The zero-order chi connectivity index (χ0) is 11.1. The maximum atomic E-state index is 6.02. The van der Waals surface area contributed by atoms with Gasteiger partial charge in [0.15, 0.2) is 0 Å². The zero-order valence-corrected chi connectivity index (χ0v) is 10.2. The van der Waals surface area contributed by atoms with Crippen molar-refractivity contribution in [1.82, 2.24) is 5.32 Å². The van der Waals surface area contributed by atoms with Crippen LogP contribution in [-0.2, 0) is 11.3 Å². The molecule has 84 valence electrons. The highest BCUT2D eigenvalue weighted by molar-refractivity contribution is 6.35. The second-order valence-corrected chi connectivity index (χ2v) is 4.04. The summed E-state index contributed by atoms with van der Waals surface area (Å²) in [6, 6.07) is 5.54. The minimum atomic E-state index is 0.697. The van der Waals surface area contributed by atoms with Crippen LogP contribution in [0.5, 0.6) is 0 Å². The van der Waals surface area contributed by atoms with Crippen molar-refractivity contribution in [2.45, 2.75) is 13.0 Å². The van der Waals surface area contributed by atoms with Crippen LogP contribution in [0.4, 0.5) is 0 Å². The van der Waals surface area contributed by atoms with Crippen LogP contribution >= 0.6 is 23.2 Å². The topological polar surface area (TPSA) is 21.3 Å². The van der Waals surface area contributed by atoms with Crippen molar-refractivity contribution in [2.75, 3.05) is 20.3 Å². The van der Waals surface area contributed by atoms with Gasteiger partial charge in [0.25, 0.3) is 0 Å². The second kappa shape index (κ2) is 7.07. The molecule has 1 aromatic carbocycles. The molecule has 0 aliphatic heterocycles. The summed E-state index contributed by atoms with van der Waals surface area (Å²) in [7, 11) is 1.70. The van der Waals surface area contributed by atoms with E-state index in [0.717, 1.165) is 25.1 Å². The number of methoxy groups -OCH3 is 1. The fourth-order valence-corrected chi connectivity index (χ4v) is 1.79. The van der Waals surface area contributed by atoms with E-state index in [2.05, 4.69) is 5.32 Å². The van der Waals surface area contributed by atoms with Crippen LogP contribution in [-0.4, -0.2) is 20.3 Å². The molecular formula is C11H15Cl2NO. The van der Waals surface area contributed by atoms with Crippen LogP contribution < -0.4 is 5.32 Å². The molecule has 1 rings (SSSR count). The first-order valence-corrected chi connectivity index (χ1v) is 5.64. The molecule has 1 N–H and O–H groups in total. The van der Waals surface area contributed by atoms with Gasteiger partial charge in [-0.15, -0.1) is 0 Å². The van der Waals surface area contributed by atoms with Crippen LogP contribution in [0.3, 0.4) is 0 Å². The summed E-state index contributed by atoms with van der Waals surface area (Å²) in [4.78, 5) is 0. The molecule has 0 saturated carbocycles. The Morgan fingerprint density at radius 3 is 2.53 bits per heavy atom. The quantitative estimate of drug-likeness (QED) is 0.781. The molecule has 15 heavy (non-hydrogen) atoms. The summed E-state index contributed by atoms with van der Waals surface area (Å²) in [5, 5.41) is 4.69. The first-order chi connectivity index (χ1) is 7.25. The lowest BCUT2D eigenvalue weighted by Crippen LogP contribution is -2.16. The lowest BCUT2D eigenvalue weighted by atomic mass is 10.2. The number of hydrogen-bond donors (Lipinski definition) is 1. The van der Waals surface area contributed by atoms with Crippen molar-refractivity contribution < 1.29 is 4.74 Å². The van der Waals surface area contributed by atoms with Gasteiger partial charge in [0.05, 0.1) is 0 Å². The molecule has 0 spiro atoms. The van der Waals surface area contributed by atoms with E-state index in [-0.39, 0.29) is 0 Å². The van der Waals surface area contributed by atoms with Gasteiger partial charge in [-0.25, -0.2) is 0 Å². The van der Waals surface area contributed by atoms with Crippen LogP contribution in [0.15, 0.2) is 18.2 Å². The van der Waals surface area contributed by atoms with Crippen LogP contribution in [0, 0.1) is 0 Å². The molecule has 0 amide bonds. The van der Waals surface area contributed by atoms with Gasteiger partial charge in [-0.3, -0.25) is 0 Å². The summed E-state index contributed by atoms with van der Waals surface area (Å²) in [6.07, 6.45) is 0.985. The van der Waals surface area contributed by atoms with E-state index in [0.29, 0.717) is 16.6 Å². The largest absolute Gasteiger partial charge is 0.385 e. The number of rotatable bonds is 6. The molecule has 0 aromatic heterocycles. The predicted molar refractivity (Wildman–Crippen MR) is 64.7 cm³/mol. The smallest absolute Gasteiger partial charge is 0.0474 e. The van der Waals surface area contributed by atoms with Gasteiger partial charge in [-0.2, -0.15) is 0 Å². The molecule has 0 saturated heterocycles. The third kappa shape index (κ3) is 4.39. The molecule has 0 bridgehead atoms. The van der Waals surface area contributed by atoms with Crippen LogP contribution in [0.25, 0.3) is 0 Å². The molecule has 1 aromatic rings. The van der Waals surface area contributed by atoms with E-state index in [4.69, 9.17) is 27.9 Å². The molecular weight excluding hydrogens is 233 g/mol. The minimum Gasteiger partial charge on any atom is -0.385 e. The van der Waals surface area contributed by atoms with E-state index in [1.54, 1.807) is 7.11 Å². The van der Waals surface area contributed by atoms with E-state index < -0.39 is 0 Å². The fourth-order valence-electron chi connectivity index (χ4n) is 1.26. The van der Waals surface area contributed by atoms with Gasteiger partial charge in [0.1, 0.15) is 0 Å². The Hall–Kier alpha value is -0.280. The Morgan fingerprint density at radius 1 is 1.27 bits per heavy atom. The first kappa shape index (κ1) is 12.8. The summed E-state index contributed by atoms with van der Waals surface area (Å²) in [6.45, 7) is 2.36. The average molecular weight is 248 g/mol. The van der Waals surface area contributed by atoms with Crippen LogP contribution in [0.2, 0.25) is 10.0 Å². The van der Waals surface area contributed by atoms with Crippen molar-refractivity contribution >= 4 is 23.2 Å². The van der Waals surface area contributed by atoms with Gasteiger partial charge in [0, 0.05) is 35.9 Å². The normalized spacial score (nSPS) is 10.6. The highest BCUT2D eigenvalue weighted by Crippen LogP contribution is 2.23. The van der Waals surface area contributed by atoms with Crippen molar-refractivity contribution in [1.29, 1.82) is 0 Å². The second-order valence-electron chi connectivity index (χ2n) is 3.22. The van der Waals surface area contributed by atoms with Gasteiger partial charge in [0.2, 0.25) is 0 Å². The molecule has 4 heteroatoms. The van der Waals surface area contributed by atoms with Crippen molar-refractivity contribution in [2.24, 2.45) is 0 Å². The molecule has 0 atom stereocenters. The SMILES string of the molecule is COCCCNCc1c(Cl)cccc1Cl. The zero-order valence-electron chi connectivity index (χ0n) is 8.72. The number of benzene rings is 1. The maximum absolute atomic E-state index is 6.02. The number of halogens is 2. The summed E-state index contributed by atoms with van der Waals surface area (Å²) >= 11 is 12.0. The summed E-state index contributed by atoms with van der Waals surface area (Å²) < 4.78 is 4.95. The Morgan fingerprint density at radius 2 is 1.93 bits per heavy atom. The van der Waals surface area contributed by atoms with Crippen molar-refractivity contribution in [3.8, 4) is 0 Å². The third-order valence-electron chi connectivity index (χ3n) is 2.07. The molecule has 0 fully saturated rings. The van der Waals surface area contributed by atoms with Gasteiger partial charge < -0.3 is 10.1 Å². The Labute approximate surface area is 101 Å². The van der Waals surface area contributed by atoms with E-state index >= 15 is 0 Å². The average Bonchev–Trinajstić information content (AvgIpc) is 2.21. The van der Waals surface area contributed by atoms with Crippen molar-refractivity contribution in [3.05, 3.63) is 33.8 Å². The fraction of sp³-hybridized carbons (Fsp3) is 0.455. The molecule has 2 nitrogen and oxygen atoms in total. The monoisotopic (exact) mass is 247 g/mol. The minimum absolute atomic E-state index is 0.697. The summed E-state index contributed by atoms with van der Waals surface area (Å²) in [5.74, 6) is 0. The standard InChI is InChI=1S/C11H15Cl2NO/c1-15-7-3-6-14-8-9-10(12)4-2-5-11(9)13/h2,4-5,14H,3,6-8H2,1H3. The number of hydrogen-bond acceptors (Lipinski definition) is 2. The molecule has 0 aliphatic carbocycles. The van der Waals surface area contributed by atoms with Gasteiger partial charge >= 0.3 is 0 Å². The lowest BCUT2D eigenvalue weighted by Gasteiger charge is -2.08. The molecule has 0 aliphatic rings. The van der Waals surface area contributed by atoms with E-state index in [1.807, 2.05) is 18.2 Å². The first-order valence-electron chi connectivity index (χ1n) is 4.88. The highest BCUT2D eigenvalue weighted by Gasteiger charge is 2.03. The molecule has 0 heterocycles. The van der Waals surface area contributed by atoms with Gasteiger partial charge in [-0.05, 0) is 25.1 Å². The Balaban J connectivity index is 2.37. The summed E-state index contributed by atoms with van der Waals surface area (Å²) in [5.41, 5.74) is 0.957. The van der Waals surface area contributed by atoms with Crippen molar-refractivity contribution in [3.63, 3.8) is 0 Å². The maximum Gasteiger partial charge on any atom is 0.0474 e. The van der Waals surface area contributed by atoms with E-state index in [9.17, 15) is 0 Å². The van der Waals surface area contributed by atoms with Gasteiger partial charge in [-0.1, -0.05) is 29.3 Å². The predicted octanol–water partition coefficient (Wildman–Crippen LogP) is 3.12. The Bertz CT molecular complexity index is 284. The number of ether oxygens (including phenoxy) is 1. The lowest BCUT2D eigenvalue weighted by molar-refractivity contribution is 0.194. The highest BCUT2D eigenvalue weighted by atomic mass is 35.5.